The monoisotopic (exact) mass is 183 g/mol. The second-order valence-electron chi connectivity index (χ2n) is 4.77. The fourth-order valence-corrected chi connectivity index (χ4v) is 1.62. The normalized spacial score (nSPS) is 19.2. The molecule has 2 heteroatoms. The molecule has 0 spiro atoms. The maximum absolute atomic E-state index is 11.5. The summed E-state index contributed by atoms with van der Waals surface area (Å²) in [4.78, 5) is 11.5. The molecular formula is C11H21NO. The van der Waals surface area contributed by atoms with Gasteiger partial charge in [-0.3, -0.25) is 4.79 Å². The Kier molecular flexibility index (Phi) is 3.34. The van der Waals surface area contributed by atoms with Crippen LogP contribution in [0.4, 0.5) is 0 Å². The van der Waals surface area contributed by atoms with Gasteiger partial charge in [-0.05, 0) is 24.7 Å². The number of carbonyl (C=O) groups is 1. The van der Waals surface area contributed by atoms with Crippen molar-refractivity contribution in [1.29, 1.82) is 0 Å². The summed E-state index contributed by atoms with van der Waals surface area (Å²) in [6.45, 7) is 8.26. The first-order chi connectivity index (χ1) is 6.02. The maximum Gasteiger partial charge on any atom is 0.222 e. The van der Waals surface area contributed by atoms with Gasteiger partial charge in [0, 0.05) is 12.0 Å². The lowest BCUT2D eigenvalue weighted by molar-refractivity contribution is -0.125. The minimum Gasteiger partial charge on any atom is -0.353 e. The third-order valence-electron chi connectivity index (χ3n) is 2.68. The number of nitrogens with one attached hydrogen (secondary N) is 1. The third-order valence-corrected chi connectivity index (χ3v) is 2.68. The Hall–Kier alpha value is -0.530. The molecule has 13 heavy (non-hydrogen) atoms. The van der Waals surface area contributed by atoms with E-state index < -0.39 is 0 Å². The SMILES string of the molecule is CC(C)C(=O)N[C@@H](C(C)C)C1CC1. The average Bonchev–Trinajstić information content (AvgIpc) is 2.81. The van der Waals surface area contributed by atoms with E-state index >= 15 is 0 Å². The van der Waals surface area contributed by atoms with Crippen LogP contribution in [0.25, 0.3) is 0 Å². The molecule has 0 unspecified atom stereocenters. The highest BCUT2D eigenvalue weighted by molar-refractivity contribution is 5.78. The maximum atomic E-state index is 11.5. The lowest BCUT2D eigenvalue weighted by Gasteiger charge is -2.23. The fraction of sp³-hybridized carbons (Fsp3) is 0.909. The molecule has 0 aliphatic heterocycles. The van der Waals surface area contributed by atoms with E-state index in [-0.39, 0.29) is 11.8 Å². The van der Waals surface area contributed by atoms with Crippen molar-refractivity contribution in [2.75, 3.05) is 0 Å². The molecule has 1 aliphatic rings. The Morgan fingerprint density at radius 2 is 1.77 bits per heavy atom. The third kappa shape index (κ3) is 3.02. The number of hydrogen-bond acceptors (Lipinski definition) is 1. The molecule has 0 heterocycles. The summed E-state index contributed by atoms with van der Waals surface area (Å²) in [6, 6.07) is 0.412. The van der Waals surface area contributed by atoms with E-state index in [9.17, 15) is 4.79 Å². The van der Waals surface area contributed by atoms with Gasteiger partial charge in [0.05, 0.1) is 0 Å². The van der Waals surface area contributed by atoms with Crippen molar-refractivity contribution in [2.45, 2.75) is 46.6 Å². The molecule has 76 valence electrons. The number of carbonyl (C=O) groups excluding carboxylic acids is 1. The molecule has 1 aliphatic carbocycles. The summed E-state index contributed by atoms with van der Waals surface area (Å²) in [5.74, 6) is 1.63. The lowest BCUT2D eigenvalue weighted by Crippen LogP contribution is -2.42. The Bertz CT molecular complexity index is 181. The highest BCUT2D eigenvalue weighted by Gasteiger charge is 2.34. The zero-order valence-corrected chi connectivity index (χ0v) is 9.13. The molecule has 2 nitrogen and oxygen atoms in total. The molecule has 0 aromatic heterocycles. The first kappa shape index (κ1) is 10.6. The van der Waals surface area contributed by atoms with Gasteiger partial charge in [-0.25, -0.2) is 0 Å². The largest absolute Gasteiger partial charge is 0.353 e. The van der Waals surface area contributed by atoms with Gasteiger partial charge in [0.15, 0.2) is 0 Å². The minimum absolute atomic E-state index is 0.111. The summed E-state index contributed by atoms with van der Waals surface area (Å²) >= 11 is 0. The van der Waals surface area contributed by atoms with Crippen LogP contribution in [-0.2, 0) is 4.79 Å². The average molecular weight is 183 g/mol. The number of hydrogen-bond donors (Lipinski definition) is 1. The standard InChI is InChI=1S/C11H21NO/c1-7(2)10(9-5-6-9)12-11(13)8(3)4/h7-10H,5-6H2,1-4H3,(H,12,13)/t10-/m0/s1. The second-order valence-corrected chi connectivity index (χ2v) is 4.77. The topological polar surface area (TPSA) is 29.1 Å². The van der Waals surface area contributed by atoms with Crippen molar-refractivity contribution in [3.05, 3.63) is 0 Å². The van der Waals surface area contributed by atoms with E-state index in [4.69, 9.17) is 0 Å². The van der Waals surface area contributed by atoms with Crippen molar-refractivity contribution in [3.63, 3.8) is 0 Å². The van der Waals surface area contributed by atoms with Crippen molar-refractivity contribution >= 4 is 5.91 Å². The molecule has 1 rings (SSSR count). The first-order valence-electron chi connectivity index (χ1n) is 5.32. The van der Waals surface area contributed by atoms with E-state index in [2.05, 4.69) is 19.2 Å². The summed E-state index contributed by atoms with van der Waals surface area (Å²) in [5, 5.41) is 3.14. The molecule has 1 saturated carbocycles. The van der Waals surface area contributed by atoms with Gasteiger partial charge in [-0.2, -0.15) is 0 Å². The van der Waals surface area contributed by atoms with Crippen LogP contribution in [0.1, 0.15) is 40.5 Å². The smallest absolute Gasteiger partial charge is 0.222 e. The molecular weight excluding hydrogens is 162 g/mol. The zero-order valence-electron chi connectivity index (χ0n) is 9.13. The molecule has 0 aromatic carbocycles. The van der Waals surface area contributed by atoms with Gasteiger partial charge >= 0.3 is 0 Å². The predicted octanol–water partition coefficient (Wildman–Crippen LogP) is 2.19. The van der Waals surface area contributed by atoms with Crippen molar-refractivity contribution in [2.24, 2.45) is 17.8 Å². The fourth-order valence-electron chi connectivity index (χ4n) is 1.62. The van der Waals surface area contributed by atoms with Crippen LogP contribution >= 0.6 is 0 Å². The highest BCUT2D eigenvalue weighted by atomic mass is 16.1. The highest BCUT2D eigenvalue weighted by Crippen LogP contribution is 2.35. The summed E-state index contributed by atoms with van der Waals surface area (Å²) in [5.41, 5.74) is 0. The molecule has 1 N–H and O–H groups in total. The summed E-state index contributed by atoms with van der Waals surface area (Å²) < 4.78 is 0. The Labute approximate surface area is 81.1 Å². The summed E-state index contributed by atoms with van der Waals surface area (Å²) in [7, 11) is 0. The van der Waals surface area contributed by atoms with Crippen LogP contribution in [0.2, 0.25) is 0 Å². The Morgan fingerprint density at radius 1 is 1.23 bits per heavy atom. The van der Waals surface area contributed by atoms with Crippen LogP contribution in [0, 0.1) is 17.8 Å². The van der Waals surface area contributed by atoms with Crippen molar-refractivity contribution in [1.82, 2.24) is 5.32 Å². The Balaban J connectivity index is 2.42. The summed E-state index contributed by atoms with van der Waals surface area (Å²) in [6.07, 6.45) is 2.59. The number of rotatable bonds is 4. The van der Waals surface area contributed by atoms with Crippen molar-refractivity contribution < 1.29 is 4.79 Å². The molecule has 1 fully saturated rings. The van der Waals surface area contributed by atoms with E-state index in [0.29, 0.717) is 12.0 Å². The van der Waals surface area contributed by atoms with E-state index in [1.807, 2.05) is 13.8 Å². The molecule has 0 saturated heterocycles. The van der Waals surface area contributed by atoms with E-state index in [0.717, 1.165) is 5.92 Å². The van der Waals surface area contributed by atoms with Gasteiger partial charge in [-0.1, -0.05) is 27.7 Å². The number of amides is 1. The molecule has 1 amide bonds. The van der Waals surface area contributed by atoms with Crippen LogP contribution in [-0.4, -0.2) is 11.9 Å². The minimum atomic E-state index is 0.111. The van der Waals surface area contributed by atoms with Crippen molar-refractivity contribution in [3.8, 4) is 0 Å². The Morgan fingerprint density at radius 3 is 2.08 bits per heavy atom. The predicted molar refractivity (Wildman–Crippen MR) is 54.3 cm³/mol. The van der Waals surface area contributed by atoms with Crippen LogP contribution in [0.15, 0.2) is 0 Å². The van der Waals surface area contributed by atoms with Gasteiger partial charge in [0.25, 0.3) is 0 Å². The van der Waals surface area contributed by atoms with Crippen LogP contribution in [0.5, 0.6) is 0 Å². The first-order valence-corrected chi connectivity index (χ1v) is 5.32. The van der Waals surface area contributed by atoms with E-state index in [1.54, 1.807) is 0 Å². The molecule has 1 atom stereocenters. The molecule has 0 aromatic rings. The van der Waals surface area contributed by atoms with E-state index in [1.165, 1.54) is 12.8 Å². The van der Waals surface area contributed by atoms with Crippen LogP contribution in [0.3, 0.4) is 0 Å². The van der Waals surface area contributed by atoms with Gasteiger partial charge in [0.2, 0.25) is 5.91 Å². The zero-order chi connectivity index (χ0) is 10.0. The lowest BCUT2D eigenvalue weighted by atomic mass is 9.99. The quantitative estimate of drug-likeness (QED) is 0.711. The van der Waals surface area contributed by atoms with Crippen LogP contribution < -0.4 is 5.32 Å². The van der Waals surface area contributed by atoms with Gasteiger partial charge in [-0.15, -0.1) is 0 Å². The molecule has 0 radical (unpaired) electrons. The second kappa shape index (κ2) is 4.12. The molecule has 0 bridgehead atoms. The van der Waals surface area contributed by atoms with Gasteiger partial charge in [0.1, 0.15) is 0 Å². The van der Waals surface area contributed by atoms with Gasteiger partial charge < -0.3 is 5.32 Å².